The largest absolute Gasteiger partial charge is 0.456 e. The Balaban J connectivity index is 1.83. The Morgan fingerprint density at radius 1 is 1.12 bits per heavy atom. The zero-order chi connectivity index (χ0) is 17.6. The minimum atomic E-state index is -0.437. The highest BCUT2D eigenvalue weighted by Gasteiger charge is 2.42. The Kier molecular flexibility index (Phi) is 3.92. The molecule has 1 unspecified atom stereocenters. The topological polar surface area (TPSA) is 46.6 Å². The van der Waals surface area contributed by atoms with E-state index < -0.39 is 11.8 Å². The van der Waals surface area contributed by atoms with Crippen molar-refractivity contribution in [1.29, 1.82) is 0 Å². The van der Waals surface area contributed by atoms with Crippen LogP contribution in [0.3, 0.4) is 0 Å². The first kappa shape index (κ1) is 16.0. The molecule has 1 amide bonds. The third kappa shape index (κ3) is 2.76. The van der Waals surface area contributed by atoms with Gasteiger partial charge in [-0.25, -0.2) is 9.18 Å². The highest BCUT2D eigenvalue weighted by Crippen LogP contribution is 2.42. The highest BCUT2D eigenvalue weighted by molar-refractivity contribution is 9.10. The fourth-order valence-electron chi connectivity index (χ4n) is 3.35. The maximum atomic E-state index is 13.6. The van der Waals surface area contributed by atoms with E-state index in [-0.39, 0.29) is 24.9 Å². The zero-order valence-electron chi connectivity index (χ0n) is 13.0. The van der Waals surface area contributed by atoms with Gasteiger partial charge in [0.2, 0.25) is 5.91 Å². The van der Waals surface area contributed by atoms with Gasteiger partial charge in [-0.1, -0.05) is 34.1 Å². The van der Waals surface area contributed by atoms with Gasteiger partial charge in [-0.05, 0) is 35.9 Å². The van der Waals surface area contributed by atoms with E-state index in [0.29, 0.717) is 17.0 Å². The predicted molar refractivity (Wildman–Crippen MR) is 93.4 cm³/mol. The summed E-state index contributed by atoms with van der Waals surface area (Å²) in [5, 5.41) is 0. The molecule has 4 nitrogen and oxygen atoms in total. The number of carbonyl (C=O) groups is 2. The van der Waals surface area contributed by atoms with Gasteiger partial charge in [-0.3, -0.25) is 9.69 Å². The number of hydrogen-bond donors (Lipinski definition) is 0. The number of halogens is 2. The van der Waals surface area contributed by atoms with Crippen molar-refractivity contribution in [2.45, 2.75) is 12.3 Å². The molecule has 2 aliphatic heterocycles. The standard InChI is InChI=1S/C19H13BrFNO3/c20-12-6-4-11(5-7-12)15-9-17(23)22(14-3-1-2-13(21)8-14)16-10-25-19(24)18(15)16/h1-8,15H,9-10H2. The van der Waals surface area contributed by atoms with Crippen molar-refractivity contribution >= 4 is 33.5 Å². The molecule has 0 fully saturated rings. The second-order valence-corrected chi connectivity index (χ2v) is 6.87. The molecule has 2 aromatic carbocycles. The van der Waals surface area contributed by atoms with Crippen LogP contribution in [-0.4, -0.2) is 18.5 Å². The molecule has 0 aromatic heterocycles. The van der Waals surface area contributed by atoms with Crippen LogP contribution < -0.4 is 4.90 Å². The average molecular weight is 402 g/mol. The molecular formula is C19H13BrFNO3. The fourth-order valence-corrected chi connectivity index (χ4v) is 3.61. The molecule has 0 saturated heterocycles. The number of ether oxygens (including phenoxy) is 1. The van der Waals surface area contributed by atoms with Crippen molar-refractivity contribution in [3.8, 4) is 0 Å². The average Bonchev–Trinajstić information content (AvgIpc) is 2.96. The number of carbonyl (C=O) groups excluding carboxylic acids is 2. The number of rotatable bonds is 2. The van der Waals surface area contributed by atoms with Gasteiger partial charge >= 0.3 is 5.97 Å². The monoisotopic (exact) mass is 401 g/mol. The molecule has 0 saturated carbocycles. The van der Waals surface area contributed by atoms with Crippen molar-refractivity contribution in [3.63, 3.8) is 0 Å². The molecule has 2 heterocycles. The molecule has 25 heavy (non-hydrogen) atoms. The molecular weight excluding hydrogens is 389 g/mol. The summed E-state index contributed by atoms with van der Waals surface area (Å²) in [6.45, 7) is 0.0173. The number of esters is 1. The lowest BCUT2D eigenvalue weighted by molar-refractivity contribution is -0.136. The summed E-state index contributed by atoms with van der Waals surface area (Å²) in [5.41, 5.74) is 2.26. The third-order valence-corrected chi connectivity index (χ3v) is 4.98. The van der Waals surface area contributed by atoms with Gasteiger partial charge in [0.05, 0.1) is 17.0 Å². The van der Waals surface area contributed by atoms with Crippen LogP contribution in [0.15, 0.2) is 64.3 Å². The summed E-state index contributed by atoms with van der Waals surface area (Å²) in [7, 11) is 0. The van der Waals surface area contributed by atoms with Gasteiger partial charge in [0.1, 0.15) is 12.4 Å². The first-order valence-electron chi connectivity index (χ1n) is 7.79. The van der Waals surface area contributed by atoms with Crippen LogP contribution in [0.2, 0.25) is 0 Å². The molecule has 1 atom stereocenters. The van der Waals surface area contributed by atoms with Gasteiger partial charge in [0.15, 0.2) is 0 Å². The lowest BCUT2D eigenvalue weighted by atomic mass is 9.84. The number of nitrogens with zero attached hydrogens (tertiary/aromatic N) is 1. The van der Waals surface area contributed by atoms with Crippen LogP contribution in [-0.2, 0) is 14.3 Å². The third-order valence-electron chi connectivity index (χ3n) is 4.46. The van der Waals surface area contributed by atoms with E-state index >= 15 is 0 Å². The normalized spacial score (nSPS) is 19.9. The van der Waals surface area contributed by atoms with E-state index in [1.807, 2.05) is 24.3 Å². The van der Waals surface area contributed by atoms with E-state index in [2.05, 4.69) is 15.9 Å². The first-order chi connectivity index (χ1) is 12.0. The van der Waals surface area contributed by atoms with Gasteiger partial charge in [-0.2, -0.15) is 0 Å². The van der Waals surface area contributed by atoms with Crippen LogP contribution in [0, 0.1) is 5.82 Å². The molecule has 0 N–H and O–H groups in total. The number of anilines is 1. The van der Waals surface area contributed by atoms with Crippen molar-refractivity contribution in [3.05, 3.63) is 75.7 Å². The van der Waals surface area contributed by atoms with Crippen LogP contribution in [0.4, 0.5) is 10.1 Å². The summed E-state index contributed by atoms with van der Waals surface area (Å²) < 4.78 is 19.7. The van der Waals surface area contributed by atoms with E-state index in [1.54, 1.807) is 6.07 Å². The van der Waals surface area contributed by atoms with Gasteiger partial charge in [0, 0.05) is 16.8 Å². The lowest BCUT2D eigenvalue weighted by Gasteiger charge is -2.31. The van der Waals surface area contributed by atoms with Crippen LogP contribution >= 0.6 is 15.9 Å². The molecule has 0 spiro atoms. The number of amides is 1. The molecule has 2 aromatic rings. The van der Waals surface area contributed by atoms with E-state index in [4.69, 9.17) is 4.74 Å². The summed E-state index contributed by atoms with van der Waals surface area (Å²) in [6, 6.07) is 13.3. The molecule has 0 radical (unpaired) electrons. The van der Waals surface area contributed by atoms with E-state index in [9.17, 15) is 14.0 Å². The quantitative estimate of drug-likeness (QED) is 0.716. The maximum absolute atomic E-state index is 13.6. The summed E-state index contributed by atoms with van der Waals surface area (Å²) in [4.78, 5) is 26.5. The Bertz CT molecular complexity index is 907. The molecule has 2 aliphatic rings. The zero-order valence-corrected chi connectivity index (χ0v) is 14.6. The van der Waals surface area contributed by atoms with Gasteiger partial charge in [0.25, 0.3) is 0 Å². The number of hydrogen-bond acceptors (Lipinski definition) is 3. The van der Waals surface area contributed by atoms with Gasteiger partial charge < -0.3 is 4.74 Å². The van der Waals surface area contributed by atoms with E-state index in [1.165, 1.54) is 23.1 Å². The number of benzene rings is 2. The first-order valence-corrected chi connectivity index (χ1v) is 8.58. The maximum Gasteiger partial charge on any atom is 0.336 e. The van der Waals surface area contributed by atoms with Crippen molar-refractivity contribution in [2.24, 2.45) is 0 Å². The SMILES string of the molecule is O=C1OCC2=C1C(c1ccc(Br)cc1)CC(=O)N2c1cccc(F)c1. The van der Waals surface area contributed by atoms with E-state index in [0.717, 1.165) is 10.0 Å². The highest BCUT2D eigenvalue weighted by atomic mass is 79.9. The van der Waals surface area contributed by atoms with Crippen LogP contribution in [0.25, 0.3) is 0 Å². The summed E-state index contributed by atoms with van der Waals surface area (Å²) in [6.07, 6.45) is 0.131. The second-order valence-electron chi connectivity index (χ2n) is 5.95. The summed E-state index contributed by atoms with van der Waals surface area (Å²) in [5.74, 6) is -1.39. The fraction of sp³-hybridized carbons (Fsp3) is 0.158. The van der Waals surface area contributed by atoms with Crippen molar-refractivity contribution in [1.82, 2.24) is 0 Å². The van der Waals surface area contributed by atoms with Crippen molar-refractivity contribution in [2.75, 3.05) is 11.5 Å². The van der Waals surface area contributed by atoms with Crippen molar-refractivity contribution < 1.29 is 18.7 Å². The lowest BCUT2D eigenvalue weighted by Crippen LogP contribution is -2.37. The molecule has 4 rings (SSSR count). The minimum absolute atomic E-state index is 0.0173. The van der Waals surface area contributed by atoms with Gasteiger partial charge in [-0.15, -0.1) is 0 Å². The second kappa shape index (κ2) is 6.11. The predicted octanol–water partition coefficient (Wildman–Crippen LogP) is 3.92. The smallest absolute Gasteiger partial charge is 0.336 e. The molecule has 126 valence electrons. The Morgan fingerprint density at radius 2 is 1.88 bits per heavy atom. The molecule has 6 heteroatoms. The minimum Gasteiger partial charge on any atom is -0.456 e. The van der Waals surface area contributed by atoms with Crippen LogP contribution in [0.1, 0.15) is 17.9 Å². The van der Waals surface area contributed by atoms with Crippen LogP contribution in [0.5, 0.6) is 0 Å². The number of cyclic esters (lactones) is 1. The molecule has 0 bridgehead atoms. The Hall–Kier alpha value is -2.47. The molecule has 0 aliphatic carbocycles. The Morgan fingerprint density at radius 3 is 2.60 bits per heavy atom. The Labute approximate surface area is 152 Å². The summed E-state index contributed by atoms with van der Waals surface area (Å²) >= 11 is 3.38.